The summed E-state index contributed by atoms with van der Waals surface area (Å²) in [4.78, 5) is 12.6. The van der Waals surface area contributed by atoms with Gasteiger partial charge in [-0.3, -0.25) is 9.10 Å². The highest BCUT2D eigenvalue weighted by molar-refractivity contribution is 7.92. The summed E-state index contributed by atoms with van der Waals surface area (Å²) >= 11 is 0. The van der Waals surface area contributed by atoms with Crippen molar-refractivity contribution in [3.05, 3.63) is 75.1 Å². The van der Waals surface area contributed by atoms with Crippen LogP contribution in [0.5, 0.6) is 0 Å². The molecule has 6 nitrogen and oxygen atoms in total. The van der Waals surface area contributed by atoms with Crippen molar-refractivity contribution in [3.8, 4) is 11.3 Å². The Labute approximate surface area is 189 Å². The third-order valence-electron chi connectivity index (χ3n) is 6.16. The van der Waals surface area contributed by atoms with Gasteiger partial charge in [-0.2, -0.15) is 5.10 Å². The van der Waals surface area contributed by atoms with E-state index in [0.29, 0.717) is 29.2 Å². The van der Waals surface area contributed by atoms with Crippen molar-refractivity contribution in [2.24, 2.45) is 0 Å². The number of nitrogens with zero attached hydrogens (tertiary/aromatic N) is 2. The van der Waals surface area contributed by atoms with E-state index in [1.54, 1.807) is 6.07 Å². The van der Waals surface area contributed by atoms with Crippen LogP contribution in [0.2, 0.25) is 0 Å². The maximum atomic E-state index is 13.8. The van der Waals surface area contributed by atoms with Crippen molar-refractivity contribution >= 4 is 15.7 Å². The number of hydrogen-bond acceptors (Lipinski definition) is 4. The van der Waals surface area contributed by atoms with Gasteiger partial charge in [-0.25, -0.2) is 13.5 Å². The number of aromatic nitrogens is 2. The summed E-state index contributed by atoms with van der Waals surface area (Å²) in [6.45, 7) is 6.07. The second-order valence-electron chi connectivity index (χ2n) is 8.25. The number of sulfonamides is 1. The number of rotatable bonds is 6. The van der Waals surface area contributed by atoms with Gasteiger partial charge < -0.3 is 0 Å². The number of H-pyrrole nitrogens is 1. The van der Waals surface area contributed by atoms with Gasteiger partial charge in [0.2, 0.25) is 0 Å². The molecule has 0 spiro atoms. The third kappa shape index (κ3) is 3.97. The van der Waals surface area contributed by atoms with Gasteiger partial charge in [0, 0.05) is 17.7 Å². The Morgan fingerprint density at radius 3 is 2.47 bits per heavy atom. The Kier molecular flexibility index (Phi) is 6.20. The molecule has 1 aliphatic carbocycles. The SMILES string of the molecule is CCc1ccc(-c2n[nH]c(=O)c3c2CCCC3)cc1S(=O)(=O)N(CC)c1cccc(C)c1. The van der Waals surface area contributed by atoms with Gasteiger partial charge in [0.1, 0.15) is 0 Å². The molecule has 1 N–H and O–H groups in total. The smallest absolute Gasteiger partial charge is 0.267 e. The van der Waals surface area contributed by atoms with Gasteiger partial charge in [-0.15, -0.1) is 0 Å². The number of hydrogen-bond donors (Lipinski definition) is 1. The Morgan fingerprint density at radius 1 is 1.03 bits per heavy atom. The topological polar surface area (TPSA) is 83.1 Å². The van der Waals surface area contributed by atoms with Crippen LogP contribution in [0.15, 0.2) is 52.2 Å². The molecule has 1 aromatic heterocycles. The number of nitrogens with one attached hydrogen (secondary N) is 1. The number of benzene rings is 2. The maximum Gasteiger partial charge on any atom is 0.267 e. The van der Waals surface area contributed by atoms with Gasteiger partial charge in [0.15, 0.2) is 0 Å². The molecule has 32 heavy (non-hydrogen) atoms. The summed E-state index contributed by atoms with van der Waals surface area (Å²) in [7, 11) is -3.79. The van der Waals surface area contributed by atoms with Gasteiger partial charge in [0.05, 0.1) is 16.3 Å². The Hall–Kier alpha value is -2.93. The van der Waals surface area contributed by atoms with Gasteiger partial charge in [-0.1, -0.05) is 31.2 Å². The van der Waals surface area contributed by atoms with Crippen LogP contribution >= 0.6 is 0 Å². The Morgan fingerprint density at radius 2 is 1.78 bits per heavy atom. The van der Waals surface area contributed by atoms with Crippen molar-refractivity contribution in [1.82, 2.24) is 10.2 Å². The molecule has 3 aromatic rings. The molecule has 0 bridgehead atoms. The molecule has 0 aliphatic heterocycles. The monoisotopic (exact) mass is 451 g/mol. The second-order valence-corrected chi connectivity index (χ2v) is 10.1. The number of anilines is 1. The quantitative estimate of drug-likeness (QED) is 0.602. The van der Waals surface area contributed by atoms with Crippen LogP contribution in [0.25, 0.3) is 11.3 Å². The van der Waals surface area contributed by atoms with Gasteiger partial charge in [0.25, 0.3) is 15.6 Å². The lowest BCUT2D eigenvalue weighted by atomic mass is 9.89. The molecular formula is C25H29N3O3S. The molecule has 1 aliphatic rings. The fourth-order valence-corrected chi connectivity index (χ4v) is 6.31. The van der Waals surface area contributed by atoms with Crippen LogP contribution in [-0.2, 0) is 29.3 Å². The first kappa shape index (κ1) is 22.3. The highest BCUT2D eigenvalue weighted by Crippen LogP contribution is 2.33. The first-order valence-electron chi connectivity index (χ1n) is 11.2. The summed E-state index contributed by atoms with van der Waals surface area (Å²) in [6, 6.07) is 13.0. The van der Waals surface area contributed by atoms with Crippen molar-refractivity contribution in [3.63, 3.8) is 0 Å². The molecule has 2 aromatic carbocycles. The first-order chi connectivity index (χ1) is 15.4. The van der Waals surface area contributed by atoms with E-state index in [1.807, 2.05) is 57.2 Å². The predicted octanol–water partition coefficient (Wildman–Crippen LogP) is 4.40. The van der Waals surface area contributed by atoms with Crippen LogP contribution < -0.4 is 9.86 Å². The minimum Gasteiger partial charge on any atom is -0.268 e. The van der Waals surface area contributed by atoms with E-state index < -0.39 is 10.0 Å². The van der Waals surface area contributed by atoms with Crippen molar-refractivity contribution < 1.29 is 8.42 Å². The fourth-order valence-electron chi connectivity index (χ4n) is 4.52. The lowest BCUT2D eigenvalue weighted by Crippen LogP contribution is -2.31. The highest BCUT2D eigenvalue weighted by Gasteiger charge is 2.28. The molecule has 4 rings (SSSR count). The van der Waals surface area contributed by atoms with Crippen LogP contribution in [0.3, 0.4) is 0 Å². The molecule has 0 atom stereocenters. The van der Waals surface area contributed by atoms with Crippen LogP contribution in [0.1, 0.15) is 48.9 Å². The van der Waals surface area contributed by atoms with Crippen LogP contribution in [-0.4, -0.2) is 25.2 Å². The Bertz CT molecular complexity index is 1310. The molecule has 0 fully saturated rings. The van der Waals surface area contributed by atoms with E-state index in [1.165, 1.54) is 4.31 Å². The van der Waals surface area contributed by atoms with E-state index in [0.717, 1.165) is 53.5 Å². The van der Waals surface area contributed by atoms with Crippen molar-refractivity contribution in [1.29, 1.82) is 0 Å². The van der Waals surface area contributed by atoms with Crippen molar-refractivity contribution in [2.75, 3.05) is 10.8 Å². The zero-order valence-electron chi connectivity index (χ0n) is 18.8. The molecule has 0 radical (unpaired) electrons. The van der Waals surface area contributed by atoms with E-state index in [2.05, 4.69) is 10.2 Å². The lowest BCUT2D eigenvalue weighted by molar-refractivity contribution is 0.591. The normalized spacial score (nSPS) is 13.6. The molecule has 168 valence electrons. The second kappa shape index (κ2) is 8.90. The highest BCUT2D eigenvalue weighted by atomic mass is 32.2. The van der Waals surface area contributed by atoms with E-state index in [-0.39, 0.29) is 5.56 Å². The van der Waals surface area contributed by atoms with Crippen molar-refractivity contribution in [2.45, 2.75) is 57.8 Å². The molecule has 0 amide bonds. The van der Waals surface area contributed by atoms with Gasteiger partial charge >= 0.3 is 0 Å². The fraction of sp³-hybridized carbons (Fsp3) is 0.360. The summed E-state index contributed by atoms with van der Waals surface area (Å²) < 4.78 is 29.1. The minimum atomic E-state index is -3.79. The Balaban J connectivity index is 1.87. The van der Waals surface area contributed by atoms with Gasteiger partial charge in [-0.05, 0) is 80.8 Å². The maximum absolute atomic E-state index is 13.8. The minimum absolute atomic E-state index is 0.141. The summed E-state index contributed by atoms with van der Waals surface area (Å²) in [5.74, 6) is 0. The summed E-state index contributed by atoms with van der Waals surface area (Å²) in [5.41, 5.74) is 5.40. The number of aromatic amines is 1. The van der Waals surface area contributed by atoms with E-state index in [9.17, 15) is 13.2 Å². The van der Waals surface area contributed by atoms with Crippen LogP contribution in [0, 0.1) is 6.92 Å². The number of aryl methyl sites for hydroxylation is 2. The zero-order chi connectivity index (χ0) is 22.9. The summed E-state index contributed by atoms with van der Waals surface area (Å²) in [6.07, 6.45) is 4.09. The zero-order valence-corrected chi connectivity index (χ0v) is 19.6. The standard InChI is InChI=1S/C25H29N3O3S/c1-4-18-13-14-19(24-21-11-6-7-12-22(21)25(29)27-26-24)16-23(18)32(30,31)28(5-2)20-10-8-9-17(3)15-20/h8-10,13-16H,4-7,11-12H2,1-3H3,(H,27,29). The third-order valence-corrected chi connectivity index (χ3v) is 8.15. The molecule has 7 heteroatoms. The molecular weight excluding hydrogens is 422 g/mol. The lowest BCUT2D eigenvalue weighted by Gasteiger charge is -2.25. The molecule has 0 saturated heterocycles. The number of fused-ring (bicyclic) bond motifs is 1. The average molecular weight is 452 g/mol. The average Bonchev–Trinajstić information content (AvgIpc) is 2.79. The molecule has 1 heterocycles. The molecule has 0 unspecified atom stereocenters. The molecule has 0 saturated carbocycles. The predicted molar refractivity (Wildman–Crippen MR) is 128 cm³/mol. The first-order valence-corrected chi connectivity index (χ1v) is 12.6. The largest absolute Gasteiger partial charge is 0.268 e. The van der Waals surface area contributed by atoms with Crippen LogP contribution in [0.4, 0.5) is 5.69 Å². The van der Waals surface area contributed by atoms with E-state index >= 15 is 0 Å². The summed E-state index contributed by atoms with van der Waals surface area (Å²) in [5, 5.41) is 6.94. The van der Waals surface area contributed by atoms with E-state index in [4.69, 9.17) is 0 Å².